The van der Waals surface area contributed by atoms with Crippen molar-refractivity contribution in [3.8, 4) is 11.4 Å². The molecule has 1 amide bonds. The van der Waals surface area contributed by atoms with Crippen LogP contribution in [0.5, 0.6) is 5.75 Å². The SMILES string of the molecule is Cc1ccc(OCc2nnc(SCC(=O)Nc3ccc(Br)c(C)c3)n2-c2ccc(Cl)cc2)cc1. The van der Waals surface area contributed by atoms with Gasteiger partial charge in [-0.1, -0.05) is 57.0 Å². The number of aryl methyl sites for hydroxylation is 2. The Bertz CT molecular complexity index is 1290. The lowest BCUT2D eigenvalue weighted by molar-refractivity contribution is -0.113. The summed E-state index contributed by atoms with van der Waals surface area (Å²) in [6, 6.07) is 20.9. The van der Waals surface area contributed by atoms with Gasteiger partial charge in [0.05, 0.1) is 5.75 Å². The number of hydrogen-bond donors (Lipinski definition) is 1. The summed E-state index contributed by atoms with van der Waals surface area (Å²) in [5, 5.41) is 12.8. The van der Waals surface area contributed by atoms with E-state index in [1.54, 1.807) is 12.1 Å². The minimum absolute atomic E-state index is 0.130. The Labute approximate surface area is 215 Å². The van der Waals surface area contributed by atoms with E-state index < -0.39 is 0 Å². The first-order valence-electron chi connectivity index (χ1n) is 10.5. The largest absolute Gasteiger partial charge is 0.486 e. The van der Waals surface area contributed by atoms with Gasteiger partial charge in [-0.2, -0.15) is 0 Å². The predicted octanol–water partition coefficient (Wildman–Crippen LogP) is 6.61. The number of thioether (sulfide) groups is 1. The van der Waals surface area contributed by atoms with Gasteiger partial charge in [0, 0.05) is 20.9 Å². The molecule has 6 nitrogen and oxygen atoms in total. The molecule has 0 atom stereocenters. The fraction of sp³-hybridized carbons (Fsp3) is 0.160. The molecule has 1 N–H and O–H groups in total. The van der Waals surface area contributed by atoms with E-state index >= 15 is 0 Å². The molecule has 0 aliphatic heterocycles. The maximum absolute atomic E-state index is 12.6. The van der Waals surface area contributed by atoms with E-state index in [0.717, 1.165) is 32.7 Å². The van der Waals surface area contributed by atoms with Gasteiger partial charge in [0.15, 0.2) is 11.0 Å². The number of rotatable bonds is 8. The highest BCUT2D eigenvalue weighted by Crippen LogP contribution is 2.25. The van der Waals surface area contributed by atoms with Crippen molar-refractivity contribution in [2.75, 3.05) is 11.1 Å². The normalized spacial score (nSPS) is 10.8. The van der Waals surface area contributed by atoms with Crippen molar-refractivity contribution >= 4 is 50.9 Å². The van der Waals surface area contributed by atoms with Crippen LogP contribution in [-0.4, -0.2) is 26.4 Å². The van der Waals surface area contributed by atoms with Gasteiger partial charge in [0.25, 0.3) is 0 Å². The maximum atomic E-state index is 12.6. The van der Waals surface area contributed by atoms with Crippen LogP contribution in [0.15, 0.2) is 76.4 Å². The van der Waals surface area contributed by atoms with Gasteiger partial charge in [0.2, 0.25) is 5.91 Å². The zero-order valence-electron chi connectivity index (χ0n) is 18.6. The highest BCUT2D eigenvalue weighted by Gasteiger charge is 2.17. The summed E-state index contributed by atoms with van der Waals surface area (Å²) in [5.41, 5.74) is 3.79. The third-order valence-electron chi connectivity index (χ3n) is 4.95. The molecule has 1 aromatic heterocycles. The zero-order valence-corrected chi connectivity index (χ0v) is 21.7. The number of amides is 1. The Morgan fingerprint density at radius 2 is 1.79 bits per heavy atom. The number of carbonyl (C=O) groups is 1. The summed E-state index contributed by atoms with van der Waals surface area (Å²) in [7, 11) is 0. The van der Waals surface area contributed by atoms with Crippen molar-refractivity contribution in [2.24, 2.45) is 0 Å². The highest BCUT2D eigenvalue weighted by molar-refractivity contribution is 9.10. The topological polar surface area (TPSA) is 69.0 Å². The van der Waals surface area contributed by atoms with E-state index in [-0.39, 0.29) is 18.3 Å². The van der Waals surface area contributed by atoms with E-state index in [0.29, 0.717) is 16.0 Å². The third kappa shape index (κ3) is 6.20. The Morgan fingerprint density at radius 3 is 2.50 bits per heavy atom. The standard InChI is InChI=1S/C25H22BrClN4O2S/c1-16-3-10-21(11-4-16)33-14-23-29-30-25(31(23)20-8-5-18(27)6-9-20)34-15-24(32)28-19-7-12-22(26)17(2)13-19/h3-13H,14-15H2,1-2H3,(H,28,32). The van der Waals surface area contributed by atoms with Gasteiger partial charge in [-0.15, -0.1) is 10.2 Å². The molecule has 1 heterocycles. The second-order valence-corrected chi connectivity index (χ2v) is 9.85. The molecule has 0 aliphatic carbocycles. The fourth-order valence-corrected chi connectivity index (χ4v) is 4.31. The first kappa shape index (κ1) is 24.3. The molecule has 4 rings (SSSR count). The summed E-state index contributed by atoms with van der Waals surface area (Å²) in [5.74, 6) is 1.42. The summed E-state index contributed by atoms with van der Waals surface area (Å²) in [4.78, 5) is 12.6. The van der Waals surface area contributed by atoms with Gasteiger partial charge < -0.3 is 10.1 Å². The number of nitrogens with one attached hydrogen (secondary N) is 1. The Morgan fingerprint density at radius 1 is 1.06 bits per heavy atom. The molecule has 0 bridgehead atoms. The van der Waals surface area contributed by atoms with Crippen LogP contribution in [0.2, 0.25) is 5.02 Å². The number of halogens is 2. The van der Waals surface area contributed by atoms with Crippen LogP contribution < -0.4 is 10.1 Å². The number of benzene rings is 3. The Kier molecular flexibility index (Phi) is 7.92. The van der Waals surface area contributed by atoms with Crippen LogP contribution in [0.25, 0.3) is 5.69 Å². The average molecular weight is 558 g/mol. The molecule has 0 fully saturated rings. The number of anilines is 1. The predicted molar refractivity (Wildman–Crippen MR) is 140 cm³/mol. The number of carbonyl (C=O) groups excluding carboxylic acids is 1. The van der Waals surface area contributed by atoms with Crippen molar-refractivity contribution in [2.45, 2.75) is 25.6 Å². The molecule has 0 unspecified atom stereocenters. The second kappa shape index (κ2) is 11.1. The summed E-state index contributed by atoms with van der Waals surface area (Å²) in [6.45, 7) is 4.23. The summed E-state index contributed by atoms with van der Waals surface area (Å²) < 4.78 is 8.81. The van der Waals surface area contributed by atoms with Crippen LogP contribution in [-0.2, 0) is 11.4 Å². The molecule has 0 spiro atoms. The molecule has 0 aliphatic rings. The number of aromatic nitrogens is 3. The quantitative estimate of drug-likeness (QED) is 0.247. The Hall–Kier alpha value is -2.81. The molecule has 0 saturated carbocycles. The molecule has 0 radical (unpaired) electrons. The second-order valence-electron chi connectivity index (χ2n) is 7.61. The van der Waals surface area contributed by atoms with Crippen molar-refractivity contribution < 1.29 is 9.53 Å². The molecular weight excluding hydrogens is 536 g/mol. The molecule has 9 heteroatoms. The van der Waals surface area contributed by atoms with Gasteiger partial charge >= 0.3 is 0 Å². The van der Waals surface area contributed by atoms with Crippen LogP contribution >= 0.6 is 39.3 Å². The van der Waals surface area contributed by atoms with E-state index in [1.165, 1.54) is 11.8 Å². The van der Waals surface area contributed by atoms with Crippen LogP contribution in [0.4, 0.5) is 5.69 Å². The van der Waals surface area contributed by atoms with Crippen LogP contribution in [0.1, 0.15) is 17.0 Å². The first-order chi connectivity index (χ1) is 16.4. The fourth-order valence-electron chi connectivity index (χ4n) is 3.17. The van der Waals surface area contributed by atoms with Gasteiger partial charge in [-0.25, -0.2) is 0 Å². The van der Waals surface area contributed by atoms with E-state index in [1.807, 2.05) is 73.0 Å². The molecule has 34 heavy (non-hydrogen) atoms. The van der Waals surface area contributed by atoms with E-state index in [9.17, 15) is 4.79 Å². The number of ether oxygens (including phenoxy) is 1. The average Bonchev–Trinajstić information content (AvgIpc) is 3.23. The number of nitrogens with zero attached hydrogens (tertiary/aromatic N) is 3. The van der Waals surface area contributed by atoms with Crippen molar-refractivity contribution in [3.63, 3.8) is 0 Å². The van der Waals surface area contributed by atoms with Crippen molar-refractivity contribution in [1.82, 2.24) is 14.8 Å². The lowest BCUT2D eigenvalue weighted by Gasteiger charge is -2.12. The number of hydrogen-bond acceptors (Lipinski definition) is 5. The van der Waals surface area contributed by atoms with Gasteiger partial charge in [-0.3, -0.25) is 9.36 Å². The molecule has 3 aromatic carbocycles. The Balaban J connectivity index is 1.50. The molecule has 174 valence electrons. The zero-order chi connectivity index (χ0) is 24.1. The van der Waals surface area contributed by atoms with Crippen LogP contribution in [0.3, 0.4) is 0 Å². The smallest absolute Gasteiger partial charge is 0.234 e. The molecule has 4 aromatic rings. The van der Waals surface area contributed by atoms with E-state index in [2.05, 4.69) is 31.4 Å². The van der Waals surface area contributed by atoms with Crippen LogP contribution in [0, 0.1) is 13.8 Å². The lowest BCUT2D eigenvalue weighted by atomic mass is 10.2. The maximum Gasteiger partial charge on any atom is 0.234 e. The summed E-state index contributed by atoms with van der Waals surface area (Å²) in [6.07, 6.45) is 0. The van der Waals surface area contributed by atoms with Gasteiger partial charge in [0.1, 0.15) is 12.4 Å². The molecular formula is C25H22BrClN4O2S. The minimum atomic E-state index is -0.130. The van der Waals surface area contributed by atoms with Crippen molar-refractivity contribution in [1.29, 1.82) is 0 Å². The minimum Gasteiger partial charge on any atom is -0.486 e. The van der Waals surface area contributed by atoms with Crippen molar-refractivity contribution in [3.05, 3.63) is 93.2 Å². The lowest BCUT2D eigenvalue weighted by Crippen LogP contribution is -2.15. The van der Waals surface area contributed by atoms with Gasteiger partial charge in [-0.05, 0) is 74.0 Å². The molecule has 0 saturated heterocycles. The summed E-state index contributed by atoms with van der Waals surface area (Å²) >= 11 is 10.9. The monoisotopic (exact) mass is 556 g/mol. The van der Waals surface area contributed by atoms with E-state index in [4.69, 9.17) is 16.3 Å². The first-order valence-corrected chi connectivity index (χ1v) is 12.6. The highest BCUT2D eigenvalue weighted by atomic mass is 79.9. The third-order valence-corrected chi connectivity index (χ3v) is 7.02.